The van der Waals surface area contributed by atoms with Crippen LogP contribution in [0.5, 0.6) is 0 Å². The number of carbonyl (C=O) groups is 2. The molecule has 0 atom stereocenters. The summed E-state index contributed by atoms with van der Waals surface area (Å²) in [6.07, 6.45) is 0.778. The van der Waals surface area contributed by atoms with Crippen molar-refractivity contribution in [3.63, 3.8) is 0 Å². The number of hydrogen-bond donors (Lipinski definition) is 4. The zero-order valence-corrected chi connectivity index (χ0v) is 22.9. The molecule has 0 radical (unpaired) electrons. The van der Waals surface area contributed by atoms with Crippen molar-refractivity contribution in [1.29, 1.82) is 0 Å². The molecule has 42 heavy (non-hydrogen) atoms. The van der Waals surface area contributed by atoms with Gasteiger partial charge in [-0.1, -0.05) is 29.8 Å². The SMILES string of the molecule is O=C(Nc1ccc2c(c1)CCC2)Nc1ccc2cc1CCc1cccc(c1)Nc1ncc(Cl)c(n1)N2.O=CC(F)(F)F. The Morgan fingerprint density at radius 2 is 1.67 bits per heavy atom. The monoisotopic (exact) mass is 594 g/mol. The van der Waals surface area contributed by atoms with Gasteiger partial charge in [-0.3, -0.25) is 4.79 Å². The lowest BCUT2D eigenvalue weighted by Gasteiger charge is -2.15. The van der Waals surface area contributed by atoms with Gasteiger partial charge in [0.2, 0.25) is 12.2 Å². The highest BCUT2D eigenvalue weighted by Crippen LogP contribution is 2.30. The smallest absolute Gasteiger partial charge is 0.339 e. The van der Waals surface area contributed by atoms with Crippen LogP contribution in [0, 0.1) is 0 Å². The van der Waals surface area contributed by atoms with Gasteiger partial charge in [-0.05, 0) is 96.8 Å². The van der Waals surface area contributed by atoms with Gasteiger partial charge in [0.15, 0.2) is 5.82 Å². The fourth-order valence-corrected chi connectivity index (χ4v) is 4.94. The maximum absolute atomic E-state index is 12.9. The molecule has 2 amide bonds. The minimum atomic E-state index is -4.64. The average molecular weight is 595 g/mol. The van der Waals surface area contributed by atoms with E-state index in [4.69, 9.17) is 16.4 Å². The summed E-state index contributed by atoms with van der Waals surface area (Å²) in [4.78, 5) is 30.4. The molecule has 4 N–H and O–H groups in total. The van der Waals surface area contributed by atoms with Crippen LogP contribution in [0.2, 0.25) is 5.02 Å². The van der Waals surface area contributed by atoms with Crippen molar-refractivity contribution in [2.75, 3.05) is 21.3 Å². The number of anilines is 6. The highest BCUT2D eigenvalue weighted by atomic mass is 35.5. The number of rotatable bonds is 2. The van der Waals surface area contributed by atoms with Gasteiger partial charge in [0.25, 0.3) is 0 Å². The molecule has 0 unspecified atom stereocenters. The Hall–Kier alpha value is -4.64. The number of aryl methyl sites for hydroxylation is 4. The Kier molecular flexibility index (Phi) is 8.58. The van der Waals surface area contributed by atoms with Gasteiger partial charge < -0.3 is 21.3 Å². The van der Waals surface area contributed by atoms with Crippen LogP contribution in [-0.4, -0.2) is 28.5 Å². The molecule has 12 heteroatoms. The van der Waals surface area contributed by atoms with Crippen LogP contribution >= 0.6 is 11.6 Å². The molecule has 6 bridgehead atoms. The van der Waals surface area contributed by atoms with Gasteiger partial charge in [-0.15, -0.1) is 0 Å². The number of fused-ring (bicyclic) bond motifs is 7. The highest BCUT2D eigenvalue weighted by molar-refractivity contribution is 6.32. The number of aromatic nitrogens is 2. The second kappa shape index (κ2) is 12.5. The molecule has 3 aromatic carbocycles. The summed E-state index contributed by atoms with van der Waals surface area (Å²) in [5.74, 6) is 0.964. The predicted molar refractivity (Wildman–Crippen MR) is 157 cm³/mol. The van der Waals surface area contributed by atoms with E-state index in [9.17, 15) is 18.0 Å². The molecule has 2 heterocycles. The molecule has 0 saturated heterocycles. The van der Waals surface area contributed by atoms with E-state index in [-0.39, 0.29) is 6.03 Å². The number of carbonyl (C=O) groups excluding carboxylic acids is 2. The number of urea groups is 1. The number of hydrogen-bond acceptors (Lipinski definition) is 6. The summed E-state index contributed by atoms with van der Waals surface area (Å²) in [5, 5.41) is 13.0. The zero-order valence-electron chi connectivity index (χ0n) is 22.2. The van der Waals surface area contributed by atoms with E-state index in [1.165, 1.54) is 23.1 Å². The van der Waals surface area contributed by atoms with Crippen LogP contribution in [0.4, 0.5) is 52.5 Å². The molecule has 4 aromatic rings. The summed E-state index contributed by atoms with van der Waals surface area (Å²) < 4.78 is 31.2. The highest BCUT2D eigenvalue weighted by Gasteiger charge is 2.25. The van der Waals surface area contributed by atoms with Crippen molar-refractivity contribution in [2.45, 2.75) is 38.3 Å². The molecular formula is C30H26ClF3N6O2. The van der Waals surface area contributed by atoms with Crippen LogP contribution in [0.3, 0.4) is 0 Å². The second-order valence-corrected chi connectivity index (χ2v) is 10.2. The summed E-state index contributed by atoms with van der Waals surface area (Å²) in [6, 6.07) is 19.9. The minimum Gasteiger partial charge on any atom is -0.339 e. The van der Waals surface area contributed by atoms with Crippen LogP contribution in [-0.2, 0) is 30.5 Å². The lowest BCUT2D eigenvalue weighted by atomic mass is 10.0. The van der Waals surface area contributed by atoms with Crippen LogP contribution in [0.15, 0.2) is 66.9 Å². The largest absolute Gasteiger partial charge is 0.446 e. The number of benzene rings is 3. The standard InChI is InChI=1S/C28H25ClN6O.C2HF3O/c29-24-16-30-27-32-21-6-1-3-17(13-21)7-8-20-15-22(31-26(24)35-27)11-12-25(20)34-28(36)33-23-10-9-18-4-2-5-19(18)14-23;3-2(4,5)1-6/h1,3,6,9-16H,2,4-5,7-8H2,(H2,33,34,36)(H2,30,31,32,35);1H. The number of amides is 2. The third-order valence-electron chi connectivity index (χ3n) is 6.72. The first kappa shape index (κ1) is 28.9. The summed E-state index contributed by atoms with van der Waals surface area (Å²) in [7, 11) is 0. The van der Waals surface area contributed by atoms with Gasteiger partial charge in [0.1, 0.15) is 5.02 Å². The molecule has 216 valence electrons. The lowest BCUT2D eigenvalue weighted by molar-refractivity contribution is -0.156. The molecule has 8 nitrogen and oxygen atoms in total. The van der Waals surface area contributed by atoms with E-state index in [1.807, 2.05) is 36.4 Å². The first-order chi connectivity index (χ1) is 20.1. The molecule has 6 rings (SSSR count). The molecular weight excluding hydrogens is 569 g/mol. The minimum absolute atomic E-state index is 0.262. The van der Waals surface area contributed by atoms with E-state index in [2.05, 4.69) is 55.5 Å². The third kappa shape index (κ3) is 7.55. The topological polar surface area (TPSA) is 108 Å². The Morgan fingerprint density at radius 3 is 2.48 bits per heavy atom. The van der Waals surface area contributed by atoms with Gasteiger partial charge in [-0.2, -0.15) is 18.2 Å². The fraction of sp³-hybridized carbons (Fsp3) is 0.200. The lowest BCUT2D eigenvalue weighted by Crippen LogP contribution is -2.20. The Bertz CT molecular complexity index is 1630. The molecule has 0 spiro atoms. The average Bonchev–Trinajstić information content (AvgIpc) is 3.43. The maximum atomic E-state index is 12.9. The van der Waals surface area contributed by atoms with Crippen molar-refractivity contribution in [3.8, 4) is 0 Å². The van der Waals surface area contributed by atoms with Crippen LogP contribution in [0.25, 0.3) is 0 Å². The molecule has 2 aliphatic rings. The van der Waals surface area contributed by atoms with Gasteiger partial charge in [0.05, 0.1) is 6.20 Å². The molecule has 1 aliphatic heterocycles. The number of nitrogens with one attached hydrogen (secondary N) is 4. The van der Waals surface area contributed by atoms with E-state index >= 15 is 0 Å². The van der Waals surface area contributed by atoms with E-state index < -0.39 is 12.5 Å². The van der Waals surface area contributed by atoms with Gasteiger partial charge in [0, 0.05) is 22.7 Å². The third-order valence-corrected chi connectivity index (χ3v) is 6.99. The zero-order chi connectivity index (χ0) is 29.7. The number of halogens is 4. The summed E-state index contributed by atoms with van der Waals surface area (Å²) in [6.45, 7) is 0. The van der Waals surface area contributed by atoms with E-state index in [0.29, 0.717) is 16.8 Å². The number of nitrogens with zero attached hydrogens (tertiary/aromatic N) is 2. The second-order valence-electron chi connectivity index (χ2n) is 9.79. The normalized spacial score (nSPS) is 13.3. The predicted octanol–water partition coefficient (Wildman–Crippen LogP) is 7.60. The Labute approximate surface area is 244 Å². The summed E-state index contributed by atoms with van der Waals surface area (Å²) >= 11 is 6.36. The number of alkyl halides is 3. The van der Waals surface area contributed by atoms with Crippen molar-refractivity contribution in [3.05, 3.63) is 94.1 Å². The quantitative estimate of drug-likeness (QED) is 0.178. The van der Waals surface area contributed by atoms with Crippen molar-refractivity contribution in [2.24, 2.45) is 0 Å². The van der Waals surface area contributed by atoms with Crippen LogP contribution < -0.4 is 21.3 Å². The van der Waals surface area contributed by atoms with Crippen LogP contribution in [0.1, 0.15) is 28.7 Å². The first-order valence-electron chi connectivity index (χ1n) is 13.2. The molecule has 1 aromatic heterocycles. The number of aldehydes is 1. The van der Waals surface area contributed by atoms with Crippen molar-refractivity contribution in [1.82, 2.24) is 9.97 Å². The van der Waals surface area contributed by atoms with E-state index in [1.54, 1.807) is 6.20 Å². The maximum Gasteiger partial charge on any atom is 0.446 e. The first-order valence-corrected chi connectivity index (χ1v) is 13.5. The van der Waals surface area contributed by atoms with E-state index in [0.717, 1.165) is 54.0 Å². The van der Waals surface area contributed by atoms with Gasteiger partial charge in [-0.25, -0.2) is 9.78 Å². The fourth-order valence-electron chi connectivity index (χ4n) is 4.80. The van der Waals surface area contributed by atoms with Gasteiger partial charge >= 0.3 is 12.2 Å². The molecule has 1 aliphatic carbocycles. The van der Waals surface area contributed by atoms with Crippen molar-refractivity contribution < 1.29 is 22.8 Å². The summed E-state index contributed by atoms with van der Waals surface area (Å²) in [5.41, 5.74) is 8.18. The Balaban J connectivity index is 0.000000535. The molecule has 0 saturated carbocycles. The van der Waals surface area contributed by atoms with Crippen molar-refractivity contribution >= 4 is 58.4 Å². The molecule has 0 fully saturated rings. The Morgan fingerprint density at radius 1 is 0.881 bits per heavy atom.